The maximum absolute atomic E-state index is 9.60. The Labute approximate surface area is 91.8 Å². The van der Waals surface area contributed by atoms with E-state index in [1.165, 1.54) is 12.8 Å². The number of methoxy groups -OCH3 is 1. The van der Waals surface area contributed by atoms with Gasteiger partial charge in [0.2, 0.25) is 0 Å². The zero-order chi connectivity index (χ0) is 11.1. The molecule has 0 radical (unpaired) electrons. The van der Waals surface area contributed by atoms with Crippen molar-refractivity contribution >= 4 is 0 Å². The molecule has 1 aliphatic heterocycles. The Balaban J connectivity index is 2.23. The number of aliphatic hydroxyl groups is 2. The Kier molecular flexibility index (Phi) is 6.17. The minimum Gasteiger partial charge on any atom is -0.396 e. The topological polar surface area (TPSA) is 52.9 Å². The van der Waals surface area contributed by atoms with Crippen molar-refractivity contribution in [3.05, 3.63) is 0 Å². The molecule has 0 spiro atoms. The van der Waals surface area contributed by atoms with Crippen molar-refractivity contribution in [2.24, 2.45) is 5.92 Å². The molecule has 2 N–H and O–H groups in total. The molecule has 1 fully saturated rings. The molecule has 0 bridgehead atoms. The fourth-order valence-electron chi connectivity index (χ4n) is 2.28. The molecule has 90 valence electrons. The first kappa shape index (κ1) is 12.9. The summed E-state index contributed by atoms with van der Waals surface area (Å²) in [4.78, 5) is 2.27. The second-order valence-corrected chi connectivity index (χ2v) is 4.39. The summed E-state index contributed by atoms with van der Waals surface area (Å²) in [6.07, 6.45) is 2.88. The van der Waals surface area contributed by atoms with Gasteiger partial charge in [0, 0.05) is 26.8 Å². The summed E-state index contributed by atoms with van der Waals surface area (Å²) in [5.41, 5.74) is 0. The normalized spacial score (nSPS) is 25.4. The molecule has 2 atom stereocenters. The van der Waals surface area contributed by atoms with Crippen LogP contribution in [0.5, 0.6) is 0 Å². The van der Waals surface area contributed by atoms with E-state index in [4.69, 9.17) is 9.84 Å². The summed E-state index contributed by atoms with van der Waals surface area (Å²) < 4.78 is 4.90. The second-order valence-electron chi connectivity index (χ2n) is 4.39. The van der Waals surface area contributed by atoms with Crippen LogP contribution in [-0.2, 0) is 4.74 Å². The highest BCUT2D eigenvalue weighted by atomic mass is 16.5. The van der Waals surface area contributed by atoms with Crippen molar-refractivity contribution in [2.45, 2.75) is 25.4 Å². The Morgan fingerprint density at radius 3 is 3.00 bits per heavy atom. The third-order valence-electron chi connectivity index (χ3n) is 2.97. The molecule has 0 aromatic rings. The van der Waals surface area contributed by atoms with Crippen molar-refractivity contribution in [3.63, 3.8) is 0 Å². The molecule has 1 saturated heterocycles. The minimum atomic E-state index is -0.386. The first-order valence-corrected chi connectivity index (χ1v) is 5.76. The van der Waals surface area contributed by atoms with Gasteiger partial charge in [-0.05, 0) is 31.7 Å². The lowest BCUT2D eigenvalue weighted by Crippen LogP contribution is -2.41. The van der Waals surface area contributed by atoms with E-state index in [2.05, 4.69) is 4.90 Å². The van der Waals surface area contributed by atoms with Gasteiger partial charge in [0.1, 0.15) is 0 Å². The molecule has 4 heteroatoms. The van der Waals surface area contributed by atoms with Gasteiger partial charge in [0.15, 0.2) is 0 Å². The molecular formula is C11H23NO3. The van der Waals surface area contributed by atoms with E-state index in [1.54, 1.807) is 7.11 Å². The fourth-order valence-corrected chi connectivity index (χ4v) is 2.28. The van der Waals surface area contributed by atoms with Crippen LogP contribution in [0.25, 0.3) is 0 Å². The predicted molar refractivity (Wildman–Crippen MR) is 58.7 cm³/mol. The lowest BCUT2D eigenvalue weighted by Gasteiger charge is -2.33. The largest absolute Gasteiger partial charge is 0.396 e. The van der Waals surface area contributed by atoms with Crippen LogP contribution in [0.3, 0.4) is 0 Å². The summed E-state index contributed by atoms with van der Waals surface area (Å²) in [7, 11) is 1.61. The highest BCUT2D eigenvalue weighted by Gasteiger charge is 2.21. The van der Waals surface area contributed by atoms with E-state index in [9.17, 15) is 5.11 Å². The quantitative estimate of drug-likeness (QED) is 0.662. The average molecular weight is 217 g/mol. The van der Waals surface area contributed by atoms with E-state index in [-0.39, 0.29) is 12.7 Å². The number of β-amino-alcohol motifs (C(OH)–C–C–N with tert-alkyl or cyclic N) is 1. The molecule has 0 aliphatic carbocycles. The van der Waals surface area contributed by atoms with E-state index in [0.717, 1.165) is 19.5 Å². The summed E-state index contributed by atoms with van der Waals surface area (Å²) in [6, 6.07) is 0. The number of hydrogen-bond donors (Lipinski definition) is 2. The van der Waals surface area contributed by atoms with Gasteiger partial charge in [0.25, 0.3) is 0 Å². The van der Waals surface area contributed by atoms with Gasteiger partial charge in [-0.1, -0.05) is 0 Å². The summed E-state index contributed by atoms with van der Waals surface area (Å²) in [5.74, 6) is 0.596. The van der Waals surface area contributed by atoms with Gasteiger partial charge in [0.05, 0.1) is 12.7 Å². The van der Waals surface area contributed by atoms with E-state index in [1.807, 2.05) is 0 Å². The molecule has 1 rings (SSSR count). The number of aliphatic hydroxyl groups excluding tert-OH is 2. The zero-order valence-corrected chi connectivity index (χ0v) is 9.56. The van der Waals surface area contributed by atoms with E-state index >= 15 is 0 Å². The molecule has 1 heterocycles. The molecule has 15 heavy (non-hydrogen) atoms. The third-order valence-corrected chi connectivity index (χ3v) is 2.97. The molecular weight excluding hydrogens is 194 g/mol. The van der Waals surface area contributed by atoms with Gasteiger partial charge in [-0.2, -0.15) is 0 Å². The molecule has 0 amide bonds. The van der Waals surface area contributed by atoms with Crippen LogP contribution in [0.4, 0.5) is 0 Å². The zero-order valence-electron chi connectivity index (χ0n) is 9.56. The number of piperidine rings is 1. The Morgan fingerprint density at radius 1 is 1.53 bits per heavy atom. The number of rotatable bonds is 6. The SMILES string of the molecule is COCC(O)CN1CCCC(CCO)C1. The lowest BCUT2D eigenvalue weighted by molar-refractivity contribution is 0.0253. The maximum Gasteiger partial charge on any atom is 0.0900 e. The minimum absolute atomic E-state index is 0.277. The van der Waals surface area contributed by atoms with Crippen LogP contribution < -0.4 is 0 Å². The van der Waals surface area contributed by atoms with E-state index in [0.29, 0.717) is 19.1 Å². The van der Waals surface area contributed by atoms with Gasteiger partial charge in [-0.15, -0.1) is 0 Å². The molecule has 4 nitrogen and oxygen atoms in total. The summed E-state index contributed by atoms with van der Waals surface area (Å²) >= 11 is 0. The second kappa shape index (κ2) is 7.17. The van der Waals surface area contributed by atoms with Gasteiger partial charge >= 0.3 is 0 Å². The summed E-state index contributed by atoms with van der Waals surface area (Å²) in [5, 5.41) is 18.5. The molecule has 0 aromatic carbocycles. The van der Waals surface area contributed by atoms with Crippen molar-refractivity contribution in [1.82, 2.24) is 4.90 Å². The highest BCUT2D eigenvalue weighted by Crippen LogP contribution is 2.19. The number of hydrogen-bond acceptors (Lipinski definition) is 4. The van der Waals surface area contributed by atoms with E-state index < -0.39 is 0 Å². The Morgan fingerprint density at radius 2 is 2.33 bits per heavy atom. The van der Waals surface area contributed by atoms with Crippen molar-refractivity contribution < 1.29 is 14.9 Å². The summed E-state index contributed by atoms with van der Waals surface area (Å²) in [6.45, 7) is 3.43. The number of likely N-dealkylation sites (tertiary alicyclic amines) is 1. The average Bonchev–Trinajstić information content (AvgIpc) is 2.19. The predicted octanol–water partition coefficient (Wildman–Crippen LogP) is 0.0881. The molecule has 0 saturated carbocycles. The van der Waals surface area contributed by atoms with Gasteiger partial charge in [-0.25, -0.2) is 0 Å². The molecule has 0 aromatic heterocycles. The maximum atomic E-state index is 9.60. The monoisotopic (exact) mass is 217 g/mol. The first-order valence-electron chi connectivity index (χ1n) is 5.76. The van der Waals surface area contributed by atoms with Gasteiger partial charge < -0.3 is 19.8 Å². The van der Waals surface area contributed by atoms with Crippen LogP contribution in [0.2, 0.25) is 0 Å². The Bertz CT molecular complexity index is 162. The Hall–Kier alpha value is -0.160. The number of ether oxygens (including phenoxy) is 1. The standard InChI is InChI=1S/C11H23NO3/c1-15-9-11(14)8-12-5-2-3-10(7-12)4-6-13/h10-11,13-14H,2-9H2,1H3. The smallest absolute Gasteiger partial charge is 0.0900 e. The van der Waals surface area contributed by atoms with Crippen LogP contribution in [-0.4, -0.2) is 61.2 Å². The molecule has 1 aliphatic rings. The van der Waals surface area contributed by atoms with Crippen LogP contribution in [0.1, 0.15) is 19.3 Å². The highest BCUT2D eigenvalue weighted by molar-refractivity contribution is 4.74. The van der Waals surface area contributed by atoms with Crippen LogP contribution >= 0.6 is 0 Å². The number of nitrogens with zero attached hydrogens (tertiary/aromatic N) is 1. The van der Waals surface area contributed by atoms with Crippen molar-refractivity contribution in [2.75, 3.05) is 40.0 Å². The van der Waals surface area contributed by atoms with Crippen molar-refractivity contribution in [3.8, 4) is 0 Å². The van der Waals surface area contributed by atoms with Crippen LogP contribution in [0.15, 0.2) is 0 Å². The van der Waals surface area contributed by atoms with Crippen LogP contribution in [0, 0.1) is 5.92 Å². The van der Waals surface area contributed by atoms with Crippen molar-refractivity contribution in [1.29, 1.82) is 0 Å². The third kappa shape index (κ3) is 4.93. The van der Waals surface area contributed by atoms with Gasteiger partial charge in [-0.3, -0.25) is 0 Å². The molecule has 2 unspecified atom stereocenters. The first-order chi connectivity index (χ1) is 7.26. The fraction of sp³-hybridized carbons (Fsp3) is 1.00. The lowest BCUT2D eigenvalue weighted by atomic mass is 9.95.